The smallest absolute Gasteiger partial charge is 0.304 e. The van der Waals surface area contributed by atoms with Crippen molar-refractivity contribution in [2.75, 3.05) is 5.75 Å². The molecule has 0 amide bonds. The maximum absolute atomic E-state index is 11.8. The van der Waals surface area contributed by atoms with E-state index in [-0.39, 0.29) is 18.1 Å². The molecule has 6 heteroatoms. The van der Waals surface area contributed by atoms with Crippen LogP contribution in [0.15, 0.2) is 0 Å². The summed E-state index contributed by atoms with van der Waals surface area (Å²) in [5.41, 5.74) is -0.408. The summed E-state index contributed by atoms with van der Waals surface area (Å²) in [5.74, 6) is -0.601. The highest BCUT2D eigenvalue weighted by molar-refractivity contribution is 7.89. The first-order valence-electron chi connectivity index (χ1n) is 5.82. The Morgan fingerprint density at radius 2 is 1.94 bits per heavy atom. The second kappa shape index (κ2) is 4.94. The molecular formula is C11H21NO4S. The number of aliphatic carboxylic acids is 1. The summed E-state index contributed by atoms with van der Waals surface area (Å²) in [7, 11) is -3.36. The zero-order chi connectivity index (χ0) is 13.3. The normalized spacial score (nSPS) is 19.0. The van der Waals surface area contributed by atoms with E-state index in [1.807, 2.05) is 20.8 Å². The standard InChI is InChI=1S/C11H21NO4S/c1-11(2,3)9(6-10(13)14)12-17(15,16)7-8-4-5-8/h8-9,12H,4-7H2,1-3H3,(H,13,14). The minimum absolute atomic E-state index is 0.124. The van der Waals surface area contributed by atoms with E-state index in [0.29, 0.717) is 0 Å². The second-order valence-corrected chi connectivity index (χ2v) is 7.66. The third-order valence-electron chi connectivity index (χ3n) is 2.90. The number of hydrogen-bond donors (Lipinski definition) is 2. The fourth-order valence-corrected chi connectivity index (χ4v) is 3.48. The quantitative estimate of drug-likeness (QED) is 0.754. The van der Waals surface area contributed by atoms with Crippen LogP contribution in [0.25, 0.3) is 0 Å². The van der Waals surface area contributed by atoms with Gasteiger partial charge in [0.25, 0.3) is 0 Å². The van der Waals surface area contributed by atoms with E-state index >= 15 is 0 Å². The summed E-state index contributed by atoms with van der Waals surface area (Å²) in [5, 5.41) is 8.80. The molecule has 0 aromatic rings. The molecule has 1 saturated carbocycles. The molecule has 1 atom stereocenters. The monoisotopic (exact) mass is 263 g/mol. The molecule has 0 aromatic heterocycles. The molecule has 17 heavy (non-hydrogen) atoms. The van der Waals surface area contributed by atoms with Crippen LogP contribution in [0.4, 0.5) is 0 Å². The predicted octanol–water partition coefficient (Wildman–Crippen LogP) is 1.21. The molecule has 0 aliphatic heterocycles. The molecular weight excluding hydrogens is 242 g/mol. The Kier molecular flexibility index (Phi) is 4.19. The van der Waals surface area contributed by atoms with Crippen molar-refractivity contribution in [2.45, 2.75) is 46.1 Å². The maximum Gasteiger partial charge on any atom is 0.304 e. The zero-order valence-corrected chi connectivity index (χ0v) is 11.4. The number of sulfonamides is 1. The number of hydrogen-bond acceptors (Lipinski definition) is 3. The van der Waals surface area contributed by atoms with Gasteiger partial charge in [0.2, 0.25) is 10.0 Å². The van der Waals surface area contributed by atoms with E-state index in [1.165, 1.54) is 0 Å². The second-order valence-electron chi connectivity index (χ2n) is 5.86. The van der Waals surface area contributed by atoms with Crippen LogP contribution in [0.2, 0.25) is 0 Å². The molecule has 0 spiro atoms. The highest BCUT2D eigenvalue weighted by Crippen LogP contribution is 2.31. The molecule has 1 fully saturated rings. The van der Waals surface area contributed by atoms with Crippen LogP contribution in [-0.4, -0.2) is 31.3 Å². The third kappa shape index (κ3) is 5.50. The van der Waals surface area contributed by atoms with Gasteiger partial charge in [0.05, 0.1) is 12.2 Å². The van der Waals surface area contributed by atoms with Crippen molar-refractivity contribution >= 4 is 16.0 Å². The van der Waals surface area contributed by atoms with E-state index in [9.17, 15) is 13.2 Å². The summed E-state index contributed by atoms with van der Waals surface area (Å²) in [6.45, 7) is 5.50. The lowest BCUT2D eigenvalue weighted by Gasteiger charge is -2.30. The molecule has 0 saturated heterocycles. The van der Waals surface area contributed by atoms with Crippen molar-refractivity contribution in [3.05, 3.63) is 0 Å². The average Bonchev–Trinajstić information content (AvgIpc) is 2.82. The van der Waals surface area contributed by atoms with Crippen molar-refractivity contribution in [3.8, 4) is 0 Å². The van der Waals surface area contributed by atoms with E-state index in [0.717, 1.165) is 12.8 Å². The number of nitrogens with one attached hydrogen (secondary N) is 1. The molecule has 0 aromatic carbocycles. The molecule has 1 aliphatic rings. The van der Waals surface area contributed by atoms with Crippen molar-refractivity contribution in [1.29, 1.82) is 0 Å². The van der Waals surface area contributed by atoms with E-state index < -0.39 is 27.4 Å². The maximum atomic E-state index is 11.8. The summed E-state index contributed by atoms with van der Waals surface area (Å²) < 4.78 is 26.2. The SMILES string of the molecule is CC(C)(C)C(CC(=O)O)NS(=O)(=O)CC1CC1. The van der Waals surface area contributed by atoms with Gasteiger partial charge in [-0.3, -0.25) is 4.79 Å². The Balaban J connectivity index is 2.67. The van der Waals surface area contributed by atoms with Crippen LogP contribution in [0.3, 0.4) is 0 Å². The van der Waals surface area contributed by atoms with Gasteiger partial charge in [-0.25, -0.2) is 13.1 Å². The average molecular weight is 263 g/mol. The number of rotatable bonds is 6. The first kappa shape index (κ1) is 14.4. The molecule has 0 heterocycles. The van der Waals surface area contributed by atoms with Gasteiger partial charge >= 0.3 is 5.97 Å². The lowest BCUT2D eigenvalue weighted by Crippen LogP contribution is -2.46. The summed E-state index contributed by atoms with van der Waals surface area (Å²) in [4.78, 5) is 10.7. The summed E-state index contributed by atoms with van der Waals surface area (Å²) in [6.07, 6.45) is 1.73. The van der Waals surface area contributed by atoms with Gasteiger partial charge in [-0.1, -0.05) is 20.8 Å². The molecule has 5 nitrogen and oxygen atoms in total. The minimum atomic E-state index is -3.36. The van der Waals surface area contributed by atoms with Crippen LogP contribution >= 0.6 is 0 Å². The molecule has 1 aliphatic carbocycles. The van der Waals surface area contributed by atoms with Crippen molar-refractivity contribution in [2.24, 2.45) is 11.3 Å². The zero-order valence-electron chi connectivity index (χ0n) is 10.6. The Morgan fingerprint density at radius 3 is 2.29 bits per heavy atom. The third-order valence-corrected chi connectivity index (χ3v) is 4.45. The topological polar surface area (TPSA) is 83.5 Å². The Bertz CT molecular complexity index is 379. The fourth-order valence-electron chi connectivity index (χ4n) is 1.56. The number of carboxylic acids is 1. The molecule has 2 N–H and O–H groups in total. The van der Waals surface area contributed by atoms with E-state index in [2.05, 4.69) is 4.72 Å². The van der Waals surface area contributed by atoms with Crippen LogP contribution < -0.4 is 4.72 Å². The molecule has 0 radical (unpaired) electrons. The lowest BCUT2D eigenvalue weighted by atomic mass is 9.85. The minimum Gasteiger partial charge on any atom is -0.481 e. The number of carbonyl (C=O) groups is 1. The van der Waals surface area contributed by atoms with Gasteiger partial charge in [-0.05, 0) is 24.2 Å². The van der Waals surface area contributed by atoms with Gasteiger partial charge in [-0.2, -0.15) is 0 Å². The molecule has 0 bridgehead atoms. The van der Waals surface area contributed by atoms with E-state index in [4.69, 9.17) is 5.11 Å². The number of carboxylic acid groups (broad SMARTS) is 1. The van der Waals surface area contributed by atoms with Crippen LogP contribution in [0.5, 0.6) is 0 Å². The van der Waals surface area contributed by atoms with Crippen LogP contribution in [0, 0.1) is 11.3 Å². The van der Waals surface area contributed by atoms with Crippen molar-refractivity contribution < 1.29 is 18.3 Å². The first-order chi connectivity index (χ1) is 7.60. The first-order valence-corrected chi connectivity index (χ1v) is 7.47. The lowest BCUT2D eigenvalue weighted by molar-refractivity contribution is -0.138. The van der Waals surface area contributed by atoms with Crippen LogP contribution in [0.1, 0.15) is 40.0 Å². The predicted molar refractivity (Wildman–Crippen MR) is 65.1 cm³/mol. The Labute approximate surface area is 103 Å². The summed E-state index contributed by atoms with van der Waals surface area (Å²) in [6, 6.07) is -0.566. The Morgan fingerprint density at radius 1 is 1.41 bits per heavy atom. The largest absolute Gasteiger partial charge is 0.481 e. The van der Waals surface area contributed by atoms with E-state index in [1.54, 1.807) is 0 Å². The van der Waals surface area contributed by atoms with Crippen molar-refractivity contribution in [3.63, 3.8) is 0 Å². The Hall–Kier alpha value is -0.620. The van der Waals surface area contributed by atoms with Crippen LogP contribution in [-0.2, 0) is 14.8 Å². The van der Waals surface area contributed by atoms with Gasteiger partial charge < -0.3 is 5.11 Å². The highest BCUT2D eigenvalue weighted by atomic mass is 32.2. The van der Waals surface area contributed by atoms with Gasteiger partial charge in [-0.15, -0.1) is 0 Å². The van der Waals surface area contributed by atoms with Crippen molar-refractivity contribution in [1.82, 2.24) is 4.72 Å². The fraction of sp³-hybridized carbons (Fsp3) is 0.909. The molecule has 100 valence electrons. The van der Waals surface area contributed by atoms with Gasteiger partial charge in [0.15, 0.2) is 0 Å². The highest BCUT2D eigenvalue weighted by Gasteiger charge is 2.34. The molecule has 1 unspecified atom stereocenters. The van der Waals surface area contributed by atoms with Gasteiger partial charge in [0, 0.05) is 6.04 Å². The van der Waals surface area contributed by atoms with Gasteiger partial charge in [0.1, 0.15) is 0 Å². The summed E-state index contributed by atoms with van der Waals surface area (Å²) >= 11 is 0. The molecule has 1 rings (SSSR count).